The lowest BCUT2D eigenvalue weighted by atomic mass is 9.86. The monoisotopic (exact) mass is 613 g/mol. The highest BCUT2D eigenvalue weighted by Gasteiger charge is 2.22. The van der Waals surface area contributed by atoms with Crippen LogP contribution in [0.1, 0.15) is 0 Å². The van der Waals surface area contributed by atoms with Gasteiger partial charge in [0.1, 0.15) is 11.2 Å². The summed E-state index contributed by atoms with van der Waals surface area (Å²) in [6.45, 7) is 0. The van der Waals surface area contributed by atoms with Crippen LogP contribution in [0.2, 0.25) is 0 Å². The van der Waals surface area contributed by atoms with Gasteiger partial charge in [-0.15, -0.1) is 0 Å². The molecule has 0 N–H and O–H groups in total. The highest BCUT2D eigenvalue weighted by atomic mass is 16.3. The molecule has 0 aliphatic rings. The summed E-state index contributed by atoms with van der Waals surface area (Å²) in [5.41, 5.74) is 12.3. The van der Waals surface area contributed by atoms with E-state index in [1.54, 1.807) is 0 Å². The molecule has 0 atom stereocenters. The van der Waals surface area contributed by atoms with E-state index in [0.29, 0.717) is 0 Å². The van der Waals surface area contributed by atoms with Crippen LogP contribution in [0.3, 0.4) is 0 Å². The second-order valence-corrected chi connectivity index (χ2v) is 12.1. The van der Waals surface area contributed by atoms with E-state index >= 15 is 0 Å². The summed E-state index contributed by atoms with van der Waals surface area (Å²) >= 11 is 0. The zero-order valence-electron chi connectivity index (χ0n) is 26.3. The van der Waals surface area contributed by atoms with Gasteiger partial charge in [0.15, 0.2) is 0 Å². The molecule has 0 aliphatic carbocycles. The molecule has 0 spiro atoms. The van der Waals surface area contributed by atoms with Crippen molar-refractivity contribution < 1.29 is 4.42 Å². The number of para-hydroxylation sites is 2. The van der Waals surface area contributed by atoms with E-state index in [1.165, 1.54) is 33.2 Å². The van der Waals surface area contributed by atoms with Gasteiger partial charge >= 0.3 is 0 Å². The number of nitrogens with zero attached hydrogens (tertiary/aromatic N) is 1. The molecule has 0 radical (unpaired) electrons. The molecule has 48 heavy (non-hydrogen) atoms. The van der Waals surface area contributed by atoms with Crippen molar-refractivity contribution in [2.75, 3.05) is 4.90 Å². The van der Waals surface area contributed by atoms with Gasteiger partial charge in [0.25, 0.3) is 0 Å². The lowest BCUT2D eigenvalue weighted by Crippen LogP contribution is -2.09. The number of fused-ring (bicyclic) bond motifs is 5. The topological polar surface area (TPSA) is 16.4 Å². The fourth-order valence-corrected chi connectivity index (χ4v) is 7.07. The van der Waals surface area contributed by atoms with Gasteiger partial charge in [-0.1, -0.05) is 146 Å². The molecular formula is C46H31NO. The SMILES string of the molecule is c1ccc(-c2ccc(N(c3ccccc3)c3ccc(-c4c(-c5ccccc5)c5c6ccccc6oc5c5ccccc45)cc3)cc2)cc1. The predicted molar refractivity (Wildman–Crippen MR) is 202 cm³/mol. The molecule has 9 aromatic rings. The van der Waals surface area contributed by atoms with Gasteiger partial charge in [-0.3, -0.25) is 0 Å². The van der Waals surface area contributed by atoms with E-state index in [4.69, 9.17) is 4.42 Å². The third-order valence-electron chi connectivity index (χ3n) is 9.26. The Morgan fingerprint density at radius 2 is 0.750 bits per heavy atom. The number of anilines is 3. The molecule has 9 rings (SSSR count). The molecular weight excluding hydrogens is 583 g/mol. The average Bonchev–Trinajstić information content (AvgIpc) is 3.56. The van der Waals surface area contributed by atoms with Crippen molar-refractivity contribution in [3.8, 4) is 33.4 Å². The lowest BCUT2D eigenvalue weighted by molar-refractivity contribution is 0.673. The summed E-state index contributed by atoms with van der Waals surface area (Å²) < 4.78 is 6.60. The molecule has 0 fully saturated rings. The second-order valence-electron chi connectivity index (χ2n) is 12.1. The van der Waals surface area contributed by atoms with Crippen LogP contribution in [0.25, 0.3) is 66.1 Å². The first-order chi connectivity index (χ1) is 23.8. The van der Waals surface area contributed by atoms with Crippen LogP contribution >= 0.6 is 0 Å². The number of hydrogen-bond acceptors (Lipinski definition) is 2. The lowest BCUT2D eigenvalue weighted by Gasteiger charge is -2.26. The Hall–Kier alpha value is -6.38. The molecule has 0 amide bonds. The van der Waals surface area contributed by atoms with E-state index < -0.39 is 0 Å². The molecule has 0 bridgehead atoms. The van der Waals surface area contributed by atoms with Gasteiger partial charge in [-0.25, -0.2) is 0 Å². The van der Waals surface area contributed by atoms with Gasteiger partial charge in [-0.2, -0.15) is 0 Å². The zero-order valence-corrected chi connectivity index (χ0v) is 26.3. The summed E-state index contributed by atoms with van der Waals surface area (Å²) in [6, 6.07) is 66.7. The van der Waals surface area contributed by atoms with Crippen molar-refractivity contribution in [3.05, 3.63) is 188 Å². The molecule has 1 aromatic heterocycles. The minimum absolute atomic E-state index is 0.902. The smallest absolute Gasteiger partial charge is 0.143 e. The molecule has 0 aliphatic heterocycles. The van der Waals surface area contributed by atoms with Crippen molar-refractivity contribution in [3.63, 3.8) is 0 Å². The Morgan fingerprint density at radius 1 is 0.312 bits per heavy atom. The zero-order chi connectivity index (χ0) is 31.9. The van der Waals surface area contributed by atoms with Crippen LogP contribution in [0.5, 0.6) is 0 Å². The van der Waals surface area contributed by atoms with E-state index in [-0.39, 0.29) is 0 Å². The number of hydrogen-bond donors (Lipinski definition) is 0. The molecule has 8 aromatic carbocycles. The van der Waals surface area contributed by atoms with Crippen LogP contribution in [-0.2, 0) is 0 Å². The Labute approximate surface area is 279 Å². The number of benzene rings is 8. The minimum atomic E-state index is 0.902. The molecule has 0 unspecified atom stereocenters. The highest BCUT2D eigenvalue weighted by Crippen LogP contribution is 2.48. The van der Waals surface area contributed by atoms with Crippen LogP contribution in [0.15, 0.2) is 192 Å². The maximum atomic E-state index is 6.60. The number of rotatable bonds is 6. The summed E-state index contributed by atoms with van der Waals surface area (Å²) in [5, 5.41) is 4.57. The Balaban J connectivity index is 1.24. The predicted octanol–water partition coefficient (Wildman–Crippen LogP) is 13.2. The third-order valence-corrected chi connectivity index (χ3v) is 9.26. The Morgan fingerprint density at radius 3 is 1.40 bits per heavy atom. The summed E-state index contributed by atoms with van der Waals surface area (Å²) in [4.78, 5) is 2.32. The molecule has 0 saturated carbocycles. The fourth-order valence-electron chi connectivity index (χ4n) is 7.07. The highest BCUT2D eigenvalue weighted by molar-refractivity contribution is 6.26. The van der Waals surface area contributed by atoms with Crippen LogP contribution in [-0.4, -0.2) is 0 Å². The van der Waals surface area contributed by atoms with Gasteiger partial charge in [0.2, 0.25) is 0 Å². The summed E-state index contributed by atoms with van der Waals surface area (Å²) in [6.07, 6.45) is 0. The quantitative estimate of drug-likeness (QED) is 0.185. The van der Waals surface area contributed by atoms with E-state index in [9.17, 15) is 0 Å². The van der Waals surface area contributed by atoms with Gasteiger partial charge in [0, 0.05) is 38.8 Å². The second kappa shape index (κ2) is 11.8. The summed E-state index contributed by atoms with van der Waals surface area (Å²) in [5.74, 6) is 0. The Kier molecular flexibility index (Phi) is 6.84. The number of furan rings is 1. The maximum absolute atomic E-state index is 6.60. The fraction of sp³-hybridized carbons (Fsp3) is 0. The van der Waals surface area contributed by atoms with Crippen LogP contribution in [0.4, 0.5) is 17.1 Å². The van der Waals surface area contributed by atoms with Gasteiger partial charge in [-0.05, 0) is 75.7 Å². The molecule has 226 valence electrons. The van der Waals surface area contributed by atoms with Gasteiger partial charge in [0.05, 0.1) is 0 Å². The average molecular weight is 614 g/mol. The third kappa shape index (κ3) is 4.74. The maximum Gasteiger partial charge on any atom is 0.143 e. The largest absolute Gasteiger partial charge is 0.455 e. The van der Waals surface area contributed by atoms with Crippen molar-refractivity contribution in [2.24, 2.45) is 0 Å². The van der Waals surface area contributed by atoms with Crippen LogP contribution in [0, 0.1) is 0 Å². The van der Waals surface area contributed by atoms with Crippen molar-refractivity contribution in [2.45, 2.75) is 0 Å². The molecule has 1 heterocycles. The van der Waals surface area contributed by atoms with Crippen molar-refractivity contribution in [1.29, 1.82) is 0 Å². The van der Waals surface area contributed by atoms with Gasteiger partial charge < -0.3 is 9.32 Å². The van der Waals surface area contributed by atoms with Crippen LogP contribution < -0.4 is 4.90 Å². The molecule has 0 saturated heterocycles. The first-order valence-corrected chi connectivity index (χ1v) is 16.4. The van der Waals surface area contributed by atoms with E-state index in [1.807, 2.05) is 6.07 Å². The first kappa shape index (κ1) is 27.9. The van der Waals surface area contributed by atoms with E-state index in [0.717, 1.165) is 50.0 Å². The molecule has 2 nitrogen and oxygen atoms in total. The standard InChI is InChI=1S/C46H31NO/c1-4-14-32(15-5-1)33-24-28-37(29-25-33)47(36-18-8-3-9-19-36)38-30-26-35(27-31-38)43-39-20-10-11-21-40(39)46-45(41-22-12-13-23-42(41)48-46)44(43)34-16-6-2-7-17-34/h1-31H. The summed E-state index contributed by atoms with van der Waals surface area (Å²) in [7, 11) is 0. The minimum Gasteiger partial charge on any atom is -0.455 e. The first-order valence-electron chi connectivity index (χ1n) is 16.4. The Bertz CT molecular complexity index is 2520. The van der Waals surface area contributed by atoms with Crippen molar-refractivity contribution in [1.82, 2.24) is 0 Å². The normalized spacial score (nSPS) is 11.3. The molecule has 2 heteroatoms. The van der Waals surface area contributed by atoms with Crippen molar-refractivity contribution >= 4 is 49.8 Å². The van der Waals surface area contributed by atoms with E-state index in [2.05, 4.69) is 187 Å².